The Morgan fingerprint density at radius 3 is 1.64 bits per heavy atom. The number of rotatable bonds is 17. The summed E-state index contributed by atoms with van der Waals surface area (Å²) in [5.74, 6) is -5.85. The van der Waals surface area contributed by atoms with Gasteiger partial charge in [-0.3, -0.25) is 33.6 Å². The fraction of sp³-hybridized carbons (Fsp3) is 0.600. The maximum absolute atomic E-state index is 11.9. The number of amides is 7. The lowest BCUT2D eigenvalue weighted by molar-refractivity contribution is -0.142. The van der Waals surface area contributed by atoms with Crippen LogP contribution in [0.1, 0.15) is 39.5 Å². The highest BCUT2D eigenvalue weighted by Gasteiger charge is 2.21. The van der Waals surface area contributed by atoms with E-state index < -0.39 is 66.6 Å². The maximum atomic E-state index is 11.9. The lowest BCUT2D eigenvalue weighted by Crippen LogP contribution is -2.54. The van der Waals surface area contributed by atoms with Crippen molar-refractivity contribution in [3.05, 3.63) is 0 Å². The minimum absolute atomic E-state index is 0.0836. The fourth-order valence-electron chi connectivity index (χ4n) is 2.39. The number of aliphatic carboxylic acids is 1. The summed E-state index contributed by atoms with van der Waals surface area (Å²) in [7, 11) is 0. The average molecular weight is 516 g/mol. The Labute approximate surface area is 206 Å². The highest BCUT2D eigenvalue weighted by atomic mass is 16.4. The van der Waals surface area contributed by atoms with Crippen LogP contribution in [-0.4, -0.2) is 90.7 Å². The van der Waals surface area contributed by atoms with Gasteiger partial charge in [-0.05, 0) is 6.42 Å². The van der Waals surface area contributed by atoms with Crippen LogP contribution < -0.4 is 37.6 Å². The second-order valence-corrected chi connectivity index (χ2v) is 7.36. The molecule has 202 valence electrons. The minimum Gasteiger partial charge on any atom is -0.480 e. The van der Waals surface area contributed by atoms with Crippen molar-refractivity contribution in [3.63, 3.8) is 0 Å². The van der Waals surface area contributed by atoms with E-state index >= 15 is 0 Å². The predicted molar refractivity (Wildman–Crippen MR) is 123 cm³/mol. The zero-order valence-electron chi connectivity index (χ0n) is 20.1. The van der Waals surface area contributed by atoms with Crippen molar-refractivity contribution in [2.45, 2.75) is 51.6 Å². The second kappa shape index (κ2) is 17.2. The number of carbonyl (C=O) groups excluding carboxylic acids is 7. The van der Waals surface area contributed by atoms with Crippen molar-refractivity contribution in [3.8, 4) is 0 Å². The zero-order chi connectivity index (χ0) is 27.7. The number of hydrogen-bond acceptors (Lipinski definition) is 8. The molecule has 16 heteroatoms. The van der Waals surface area contributed by atoms with Crippen LogP contribution in [0, 0.1) is 0 Å². The van der Waals surface area contributed by atoms with Gasteiger partial charge in [0.15, 0.2) is 0 Å². The highest BCUT2D eigenvalue weighted by molar-refractivity contribution is 5.91. The number of carboxylic acids is 1. The van der Waals surface area contributed by atoms with Crippen LogP contribution in [0.5, 0.6) is 0 Å². The Morgan fingerprint density at radius 2 is 1.11 bits per heavy atom. The van der Waals surface area contributed by atoms with E-state index in [0.29, 0.717) is 0 Å². The monoisotopic (exact) mass is 515 g/mol. The van der Waals surface area contributed by atoms with Crippen molar-refractivity contribution < 1.29 is 43.5 Å². The first-order valence-corrected chi connectivity index (χ1v) is 11.1. The summed E-state index contributed by atoms with van der Waals surface area (Å²) < 4.78 is 0. The Bertz CT molecular complexity index is 847. The summed E-state index contributed by atoms with van der Waals surface area (Å²) in [6, 6.07) is -2.50. The lowest BCUT2D eigenvalue weighted by atomic mass is 10.1. The summed E-state index contributed by atoms with van der Waals surface area (Å²) >= 11 is 0. The van der Waals surface area contributed by atoms with Gasteiger partial charge in [0.2, 0.25) is 41.4 Å². The topological polar surface area (TPSA) is 255 Å². The van der Waals surface area contributed by atoms with Gasteiger partial charge in [0, 0.05) is 25.8 Å². The van der Waals surface area contributed by atoms with Crippen LogP contribution in [0.25, 0.3) is 0 Å². The van der Waals surface area contributed by atoms with E-state index in [4.69, 9.17) is 10.8 Å². The Kier molecular flexibility index (Phi) is 15.2. The molecule has 0 aromatic heterocycles. The van der Waals surface area contributed by atoms with Gasteiger partial charge in [0.05, 0.1) is 19.6 Å². The molecule has 7 amide bonds. The first-order valence-electron chi connectivity index (χ1n) is 11.1. The number of nitrogens with one attached hydrogen (secondary N) is 6. The van der Waals surface area contributed by atoms with Gasteiger partial charge in [-0.25, -0.2) is 4.79 Å². The van der Waals surface area contributed by atoms with Crippen molar-refractivity contribution >= 4 is 47.3 Å². The third kappa shape index (κ3) is 14.8. The van der Waals surface area contributed by atoms with E-state index in [1.54, 1.807) is 13.8 Å². The van der Waals surface area contributed by atoms with Gasteiger partial charge in [-0.2, -0.15) is 0 Å². The number of hydrogen-bond donors (Lipinski definition) is 8. The fourth-order valence-corrected chi connectivity index (χ4v) is 2.39. The molecule has 0 aliphatic heterocycles. The van der Waals surface area contributed by atoms with Crippen LogP contribution in [0.2, 0.25) is 0 Å². The first-order chi connectivity index (χ1) is 16.9. The Morgan fingerprint density at radius 1 is 0.639 bits per heavy atom. The van der Waals surface area contributed by atoms with E-state index in [2.05, 4.69) is 31.9 Å². The van der Waals surface area contributed by atoms with Crippen LogP contribution in [0.3, 0.4) is 0 Å². The van der Waals surface area contributed by atoms with Gasteiger partial charge in [0.25, 0.3) is 0 Å². The smallest absolute Gasteiger partial charge is 0.326 e. The van der Waals surface area contributed by atoms with Crippen molar-refractivity contribution in [2.75, 3.05) is 26.2 Å². The molecule has 2 unspecified atom stereocenters. The van der Waals surface area contributed by atoms with Gasteiger partial charge in [-0.1, -0.05) is 13.8 Å². The van der Waals surface area contributed by atoms with Gasteiger partial charge in [0.1, 0.15) is 12.1 Å². The second-order valence-electron chi connectivity index (χ2n) is 7.36. The SMILES string of the molecule is CCC(=O)NCC(=O)NC(CNC(=O)CNC(=O)CNC(=O)CCC(NC(=O)CC)C(=O)O)C(N)=O. The summed E-state index contributed by atoms with van der Waals surface area (Å²) in [6.07, 6.45) is -0.196. The summed E-state index contributed by atoms with van der Waals surface area (Å²) in [4.78, 5) is 92.3. The van der Waals surface area contributed by atoms with Crippen molar-refractivity contribution in [2.24, 2.45) is 5.73 Å². The molecule has 0 rings (SSSR count). The molecular weight excluding hydrogens is 482 g/mol. The van der Waals surface area contributed by atoms with Crippen LogP contribution in [0.4, 0.5) is 0 Å². The van der Waals surface area contributed by atoms with Crippen LogP contribution >= 0.6 is 0 Å². The zero-order valence-corrected chi connectivity index (χ0v) is 20.1. The molecule has 2 atom stereocenters. The van der Waals surface area contributed by atoms with E-state index in [9.17, 15) is 38.4 Å². The molecule has 0 bridgehead atoms. The standard InChI is InChI=1S/C20H33N7O9/c1-3-13(28)23-10-18(33)27-12(19(21)34)7-22-16(31)9-25-17(32)8-24-15(30)6-5-11(20(35)36)26-14(29)4-2/h11-12H,3-10H2,1-2H3,(H2,21,34)(H,22,31)(H,23,28)(H,24,30)(H,25,32)(H,26,29)(H,27,33)(H,35,36). The molecule has 9 N–H and O–H groups in total. The molecule has 0 aliphatic rings. The molecule has 16 nitrogen and oxygen atoms in total. The number of nitrogens with two attached hydrogens (primary N) is 1. The largest absolute Gasteiger partial charge is 0.480 e. The molecule has 0 spiro atoms. The molecule has 0 aliphatic carbocycles. The van der Waals surface area contributed by atoms with Crippen LogP contribution in [0.15, 0.2) is 0 Å². The van der Waals surface area contributed by atoms with E-state index in [-0.39, 0.29) is 44.7 Å². The molecule has 0 fully saturated rings. The molecule has 36 heavy (non-hydrogen) atoms. The first kappa shape index (κ1) is 31.8. The van der Waals surface area contributed by atoms with Crippen LogP contribution in [-0.2, 0) is 38.4 Å². The maximum Gasteiger partial charge on any atom is 0.326 e. The van der Waals surface area contributed by atoms with Gasteiger partial charge >= 0.3 is 5.97 Å². The average Bonchev–Trinajstić information content (AvgIpc) is 2.83. The molecule has 0 saturated carbocycles. The van der Waals surface area contributed by atoms with E-state index in [1.165, 1.54) is 0 Å². The summed E-state index contributed by atoms with van der Waals surface area (Å²) in [5, 5.41) is 22.7. The van der Waals surface area contributed by atoms with Gasteiger partial charge in [-0.15, -0.1) is 0 Å². The third-order valence-electron chi connectivity index (χ3n) is 4.46. The van der Waals surface area contributed by atoms with E-state index in [0.717, 1.165) is 0 Å². The minimum atomic E-state index is -1.30. The lowest BCUT2D eigenvalue weighted by Gasteiger charge is -2.16. The Hall–Kier alpha value is -4.24. The number of carboxylic acid groups (broad SMARTS) is 1. The summed E-state index contributed by atoms with van der Waals surface area (Å²) in [6.45, 7) is 1.39. The molecule has 0 saturated heterocycles. The normalized spacial score (nSPS) is 11.7. The third-order valence-corrected chi connectivity index (χ3v) is 4.46. The molecule has 0 aromatic rings. The van der Waals surface area contributed by atoms with Gasteiger partial charge < -0.3 is 42.7 Å². The molecule has 0 heterocycles. The number of primary amides is 1. The predicted octanol–water partition coefficient (Wildman–Crippen LogP) is -4.41. The van der Waals surface area contributed by atoms with Crippen molar-refractivity contribution in [1.29, 1.82) is 0 Å². The molecular formula is C20H33N7O9. The quantitative estimate of drug-likeness (QED) is 0.0928. The molecule has 0 radical (unpaired) electrons. The highest BCUT2D eigenvalue weighted by Crippen LogP contribution is 1.99. The van der Waals surface area contributed by atoms with E-state index in [1.807, 2.05) is 0 Å². The summed E-state index contributed by atoms with van der Waals surface area (Å²) in [5.41, 5.74) is 5.18. The number of carbonyl (C=O) groups is 8. The Balaban J connectivity index is 4.32. The van der Waals surface area contributed by atoms with Crippen molar-refractivity contribution in [1.82, 2.24) is 31.9 Å². The molecule has 0 aromatic carbocycles.